The summed E-state index contributed by atoms with van der Waals surface area (Å²) >= 11 is 9.25. The molecule has 45 heavy (non-hydrogen) atoms. The molecule has 0 aliphatic carbocycles. The summed E-state index contributed by atoms with van der Waals surface area (Å²) in [6.45, 7) is 2.00. The number of aryl methyl sites for hydroxylation is 1. The standard InChI is InChI=1S/C32H22Cl3OS2.6FH.Sb/c1-21-2-4-22(5-3-21)32(36)23-6-19-31(30(35)20-23)37-26-11-17-29(18-12-26)38(27-13-7-24(33)8-14-27)28-15-9-25(34)10-16-28;;;;;;;/h2-20H,1H3;6*1H;/q+1;;;;;;;+5/p-6. The van der Waals surface area contributed by atoms with Crippen molar-refractivity contribution in [2.24, 2.45) is 0 Å². The molecular weight excluding hydrogens is 807 g/mol. The SMILES string of the molecule is Cc1ccc(C(=O)c2ccc(Sc3ccc([S+](c4ccc(Cl)cc4)c4ccc(Cl)cc4)cc3)c(Cl)c2)cc1.[F][Sb-]([F])([F])([F])([F])[F]. The molecule has 0 radical (unpaired) electrons. The van der Waals surface area contributed by atoms with Crippen molar-refractivity contribution >= 4 is 82.7 Å². The van der Waals surface area contributed by atoms with Crippen LogP contribution in [0.4, 0.5) is 16.9 Å². The first kappa shape index (κ1) is 35.6. The van der Waals surface area contributed by atoms with Crippen LogP contribution in [-0.2, 0) is 10.9 Å². The van der Waals surface area contributed by atoms with Crippen LogP contribution in [0.2, 0.25) is 15.1 Å². The predicted molar refractivity (Wildman–Crippen MR) is 174 cm³/mol. The quantitative estimate of drug-likeness (QED) is 0.0704. The molecule has 0 unspecified atom stereocenters. The number of benzene rings is 5. The Balaban J connectivity index is 0.000000591. The summed E-state index contributed by atoms with van der Waals surface area (Å²) in [5.74, 6) is -0.0377. The van der Waals surface area contributed by atoms with Crippen LogP contribution in [0.5, 0.6) is 0 Å². The van der Waals surface area contributed by atoms with Crippen LogP contribution < -0.4 is 0 Å². The van der Waals surface area contributed by atoms with Crippen molar-refractivity contribution in [1.29, 1.82) is 0 Å². The number of rotatable bonds is 7. The van der Waals surface area contributed by atoms with Gasteiger partial charge in [-0.15, -0.1) is 0 Å². The van der Waals surface area contributed by atoms with Gasteiger partial charge in [-0.25, -0.2) is 0 Å². The van der Waals surface area contributed by atoms with Crippen LogP contribution >= 0.6 is 46.6 Å². The molecule has 0 saturated carbocycles. The Morgan fingerprint density at radius 3 is 1.42 bits per heavy atom. The van der Waals surface area contributed by atoms with Gasteiger partial charge in [0.1, 0.15) is 0 Å². The molecular formula is C32H22Cl3F6OS2Sb. The average Bonchev–Trinajstić information content (AvgIpc) is 2.95. The molecule has 0 atom stereocenters. The topological polar surface area (TPSA) is 17.1 Å². The second-order valence-electron chi connectivity index (χ2n) is 9.59. The molecule has 0 bridgehead atoms. The second-order valence-corrected chi connectivity index (χ2v) is 19.5. The summed E-state index contributed by atoms with van der Waals surface area (Å²) in [5, 5.41) is 1.98. The summed E-state index contributed by atoms with van der Waals surface area (Å²) in [6.07, 6.45) is 0. The van der Waals surface area contributed by atoms with Gasteiger partial charge in [-0.1, -0.05) is 76.4 Å². The fourth-order valence-corrected chi connectivity index (χ4v) is 7.32. The van der Waals surface area contributed by atoms with Crippen LogP contribution in [0.15, 0.2) is 140 Å². The molecule has 1 nitrogen and oxygen atoms in total. The molecule has 0 heterocycles. The molecule has 0 amide bonds. The Bertz CT molecular complexity index is 1750. The van der Waals surface area contributed by atoms with Crippen molar-refractivity contribution in [1.82, 2.24) is 0 Å². The minimum atomic E-state index is -11.2. The first-order valence-electron chi connectivity index (χ1n) is 12.8. The summed E-state index contributed by atoms with van der Waals surface area (Å²) in [5.41, 5.74) is 2.35. The average molecular weight is 829 g/mol. The molecule has 0 aliphatic rings. The normalized spacial score (nSPS) is 13.0. The van der Waals surface area contributed by atoms with Crippen molar-refractivity contribution in [2.75, 3.05) is 0 Å². The van der Waals surface area contributed by atoms with Gasteiger partial charge in [-0.2, -0.15) is 0 Å². The van der Waals surface area contributed by atoms with E-state index in [1.165, 1.54) is 14.7 Å². The molecule has 0 aliphatic heterocycles. The van der Waals surface area contributed by atoms with Crippen molar-refractivity contribution in [3.8, 4) is 0 Å². The van der Waals surface area contributed by atoms with Gasteiger partial charge in [-0.05, 0) is 97.9 Å². The van der Waals surface area contributed by atoms with Crippen LogP contribution in [-0.4, -0.2) is 25.3 Å². The van der Waals surface area contributed by atoms with Gasteiger partial charge in [0.2, 0.25) is 0 Å². The van der Waals surface area contributed by atoms with Crippen molar-refractivity contribution in [3.05, 3.63) is 147 Å². The maximum atomic E-state index is 12.9. The van der Waals surface area contributed by atoms with E-state index >= 15 is 0 Å². The number of ketones is 1. The van der Waals surface area contributed by atoms with E-state index in [4.69, 9.17) is 34.8 Å². The number of hydrogen-bond donors (Lipinski definition) is 0. The maximum absolute atomic E-state index is 12.9. The van der Waals surface area contributed by atoms with E-state index in [0.717, 1.165) is 15.4 Å². The van der Waals surface area contributed by atoms with E-state index in [2.05, 4.69) is 48.5 Å². The van der Waals surface area contributed by atoms with Gasteiger partial charge in [0.05, 0.1) is 15.9 Å². The molecule has 0 aromatic heterocycles. The van der Waals surface area contributed by atoms with Crippen LogP contribution in [0.1, 0.15) is 21.5 Å². The molecule has 0 N–H and O–H groups in total. The van der Waals surface area contributed by atoms with Crippen LogP contribution in [0.25, 0.3) is 0 Å². The van der Waals surface area contributed by atoms with Gasteiger partial charge in [-0.3, -0.25) is 4.79 Å². The number of carbonyl (C=O) groups is 1. The van der Waals surface area contributed by atoms with Crippen molar-refractivity contribution < 1.29 is 21.7 Å². The molecule has 5 aromatic carbocycles. The van der Waals surface area contributed by atoms with Gasteiger partial charge >= 0.3 is 36.4 Å². The first-order valence-corrected chi connectivity index (χ1v) is 21.8. The van der Waals surface area contributed by atoms with Crippen molar-refractivity contribution in [2.45, 2.75) is 31.4 Å². The Labute approximate surface area is 280 Å². The summed E-state index contributed by atoms with van der Waals surface area (Å²) < 4.78 is 59.6. The Kier molecular flexibility index (Phi) is 10.6. The number of carbonyl (C=O) groups excluding carboxylic acids is 1. The van der Waals surface area contributed by atoms with Gasteiger partial charge in [0.15, 0.2) is 20.5 Å². The molecule has 5 aromatic rings. The Hall–Kier alpha value is -2.26. The van der Waals surface area contributed by atoms with Crippen LogP contribution in [0.3, 0.4) is 0 Å². The molecule has 0 saturated heterocycles. The van der Waals surface area contributed by atoms with E-state index in [1.54, 1.807) is 17.8 Å². The predicted octanol–water partition coefficient (Wildman–Crippen LogP) is 12.6. The van der Waals surface area contributed by atoms with E-state index in [9.17, 15) is 21.7 Å². The van der Waals surface area contributed by atoms with Crippen LogP contribution in [0, 0.1) is 6.92 Å². The fourth-order valence-electron chi connectivity index (χ4n) is 3.92. The zero-order valence-electron chi connectivity index (χ0n) is 23.0. The van der Waals surface area contributed by atoms with Gasteiger partial charge in [0, 0.05) is 31.0 Å². The molecule has 13 heteroatoms. The molecule has 236 valence electrons. The molecule has 0 spiro atoms. The van der Waals surface area contributed by atoms with Gasteiger partial charge in [0.25, 0.3) is 0 Å². The third-order valence-corrected chi connectivity index (χ3v) is 10.1. The third-order valence-electron chi connectivity index (χ3n) is 5.89. The van der Waals surface area contributed by atoms with E-state index in [-0.39, 0.29) is 16.7 Å². The summed E-state index contributed by atoms with van der Waals surface area (Å²) in [6, 6.07) is 37.6. The second kappa shape index (κ2) is 13.5. The van der Waals surface area contributed by atoms with E-state index in [1.807, 2.05) is 67.6 Å². The van der Waals surface area contributed by atoms with Crippen molar-refractivity contribution in [3.63, 3.8) is 0 Å². The molecule has 5 rings (SSSR count). The first-order chi connectivity index (χ1) is 20.8. The minimum absolute atomic E-state index is 0.0377. The summed E-state index contributed by atoms with van der Waals surface area (Å²) in [4.78, 5) is 18.4. The third kappa shape index (κ3) is 11.8. The van der Waals surface area contributed by atoms with E-state index in [0.29, 0.717) is 26.2 Å². The monoisotopic (exact) mass is 826 g/mol. The zero-order chi connectivity index (χ0) is 33.1. The molecule has 0 fully saturated rings. The van der Waals surface area contributed by atoms with E-state index < -0.39 is 19.5 Å². The zero-order valence-corrected chi connectivity index (χ0v) is 29.5. The fraction of sp³-hybridized carbons (Fsp3) is 0.0312. The Morgan fingerprint density at radius 2 is 1.00 bits per heavy atom. The Morgan fingerprint density at radius 1 is 0.600 bits per heavy atom. The number of halogens is 9. The van der Waals surface area contributed by atoms with Gasteiger partial charge < -0.3 is 0 Å². The number of hydrogen-bond acceptors (Lipinski definition) is 2. The summed E-state index contributed by atoms with van der Waals surface area (Å²) in [7, 11) is -0.309.